The number of aromatic amines is 1. The Labute approximate surface area is 225 Å². The molecule has 4 aliphatic rings. The molecule has 0 radical (unpaired) electrons. The van der Waals surface area contributed by atoms with E-state index in [2.05, 4.69) is 27.2 Å². The second kappa shape index (κ2) is 9.34. The second-order valence-corrected chi connectivity index (χ2v) is 12.0. The maximum atomic E-state index is 13.5. The minimum atomic E-state index is -0.491. The normalized spacial score (nSPS) is 26.8. The van der Waals surface area contributed by atoms with E-state index in [4.69, 9.17) is 11.6 Å². The summed E-state index contributed by atoms with van der Waals surface area (Å²) < 4.78 is 13.5. The van der Waals surface area contributed by atoms with Crippen LogP contribution in [0, 0.1) is 16.6 Å². The predicted octanol–water partition coefficient (Wildman–Crippen LogP) is 3.08. The Kier molecular flexibility index (Phi) is 6.22. The summed E-state index contributed by atoms with van der Waals surface area (Å²) in [5.41, 5.74) is 0.578. The first-order valence-electron chi connectivity index (χ1n) is 13.3. The van der Waals surface area contributed by atoms with Crippen molar-refractivity contribution in [2.75, 3.05) is 44.7 Å². The van der Waals surface area contributed by atoms with E-state index in [1.54, 1.807) is 11.0 Å². The summed E-state index contributed by atoms with van der Waals surface area (Å²) >= 11 is 6.22. The van der Waals surface area contributed by atoms with E-state index in [-0.39, 0.29) is 45.6 Å². The lowest BCUT2D eigenvalue weighted by molar-refractivity contribution is -0.127. The third kappa shape index (κ3) is 4.27. The van der Waals surface area contributed by atoms with Gasteiger partial charge in [0.1, 0.15) is 11.5 Å². The highest BCUT2D eigenvalue weighted by Crippen LogP contribution is 2.47. The summed E-state index contributed by atoms with van der Waals surface area (Å²) in [7, 11) is 2.08. The number of rotatable bonds is 4. The largest absolute Gasteiger partial charge is 0.348 e. The van der Waals surface area contributed by atoms with Gasteiger partial charge >= 0.3 is 0 Å². The molecule has 2 spiro atoms. The van der Waals surface area contributed by atoms with Crippen LogP contribution in [0.1, 0.15) is 59.5 Å². The Morgan fingerprint density at radius 3 is 2.61 bits per heavy atom. The summed E-state index contributed by atoms with van der Waals surface area (Å²) in [6.45, 7) is 3.90. The summed E-state index contributed by atoms with van der Waals surface area (Å²) in [5, 5.41) is 3.28. The number of likely N-dealkylation sites (tertiary alicyclic amines) is 2. The average Bonchev–Trinajstić information content (AvgIpc) is 3.60. The van der Waals surface area contributed by atoms with E-state index in [0.717, 1.165) is 19.5 Å². The number of carbonyl (C=O) groups is 3. The van der Waals surface area contributed by atoms with Crippen LogP contribution >= 0.6 is 11.6 Å². The number of carbonyl (C=O) groups excluding carboxylic acids is 3. The molecule has 3 saturated heterocycles. The fourth-order valence-corrected chi connectivity index (χ4v) is 7.30. The Morgan fingerprint density at radius 1 is 1.13 bits per heavy atom. The van der Waals surface area contributed by atoms with Gasteiger partial charge in [-0.15, -0.1) is 0 Å². The number of hydrogen-bond donors (Lipinski definition) is 2. The highest BCUT2D eigenvalue weighted by atomic mass is 35.5. The lowest BCUT2D eigenvalue weighted by Crippen LogP contribution is -2.55. The van der Waals surface area contributed by atoms with Gasteiger partial charge in [-0.1, -0.05) is 11.6 Å². The van der Waals surface area contributed by atoms with Crippen LogP contribution in [0.2, 0.25) is 5.02 Å². The molecule has 11 heteroatoms. The average molecular weight is 543 g/mol. The van der Waals surface area contributed by atoms with Crippen LogP contribution in [0.3, 0.4) is 0 Å². The van der Waals surface area contributed by atoms with E-state index in [9.17, 15) is 18.8 Å². The van der Waals surface area contributed by atoms with Crippen molar-refractivity contribution in [2.24, 2.45) is 10.8 Å². The first-order chi connectivity index (χ1) is 18.2. The van der Waals surface area contributed by atoms with Gasteiger partial charge in [0.2, 0.25) is 5.91 Å². The van der Waals surface area contributed by atoms with E-state index in [1.165, 1.54) is 18.5 Å². The Morgan fingerprint density at radius 2 is 1.89 bits per heavy atom. The molecule has 38 heavy (non-hydrogen) atoms. The molecule has 1 aromatic heterocycles. The van der Waals surface area contributed by atoms with Crippen LogP contribution in [0.25, 0.3) is 0 Å². The van der Waals surface area contributed by atoms with E-state index < -0.39 is 11.2 Å². The Bertz CT molecular complexity index is 1280. The van der Waals surface area contributed by atoms with Crippen molar-refractivity contribution in [3.05, 3.63) is 46.8 Å². The predicted molar refractivity (Wildman–Crippen MR) is 140 cm³/mol. The summed E-state index contributed by atoms with van der Waals surface area (Å²) in [6, 6.07) is 3.99. The molecule has 0 unspecified atom stereocenters. The number of aromatic nitrogens is 2. The molecule has 4 heterocycles. The van der Waals surface area contributed by atoms with Crippen molar-refractivity contribution in [3.8, 4) is 0 Å². The van der Waals surface area contributed by atoms with Gasteiger partial charge in [-0.25, -0.2) is 9.37 Å². The number of amides is 3. The zero-order chi connectivity index (χ0) is 26.7. The maximum Gasteiger partial charge on any atom is 0.274 e. The molecule has 9 nitrogen and oxygen atoms in total. The quantitative estimate of drug-likeness (QED) is 0.618. The molecule has 0 atom stereocenters. The van der Waals surface area contributed by atoms with Gasteiger partial charge in [0.15, 0.2) is 5.69 Å². The third-order valence-electron chi connectivity index (χ3n) is 9.00. The number of imidazole rings is 1. The SMILES string of the molecule is CN1CC2(CCN(C(=O)c3nc[nH]c3C(=O)N[C@H]3CC[C@@]4(CCN(c5ccc(F)cc5Cl)C4=O)CC3)C2)C1. The number of benzene rings is 1. The van der Waals surface area contributed by atoms with E-state index in [1.807, 2.05) is 4.90 Å². The van der Waals surface area contributed by atoms with Crippen molar-refractivity contribution < 1.29 is 18.8 Å². The highest BCUT2D eigenvalue weighted by Gasteiger charge is 2.50. The molecular weight excluding hydrogens is 511 g/mol. The Hall–Kier alpha value is -2.98. The van der Waals surface area contributed by atoms with Crippen molar-refractivity contribution in [1.29, 1.82) is 0 Å². The highest BCUT2D eigenvalue weighted by molar-refractivity contribution is 6.34. The number of hydrogen-bond acceptors (Lipinski definition) is 5. The van der Waals surface area contributed by atoms with Crippen molar-refractivity contribution in [3.63, 3.8) is 0 Å². The van der Waals surface area contributed by atoms with Crippen LogP contribution in [-0.4, -0.2) is 83.3 Å². The standard InChI is InChI=1S/C27H32ClFN6O3/c1-33-13-26(14-33)8-10-34(15-26)24(37)22-21(30-16-31-22)23(36)32-18-4-6-27(7-5-18)9-11-35(25(27)38)20-3-2-17(29)12-19(20)28/h2-3,12,16,18H,4-11,13-15H2,1H3,(H,30,31)(H,32,36)/t18-,27-. The van der Waals surface area contributed by atoms with Gasteiger partial charge < -0.3 is 25.0 Å². The monoisotopic (exact) mass is 542 g/mol. The van der Waals surface area contributed by atoms with Crippen LogP contribution in [0.15, 0.2) is 24.5 Å². The maximum absolute atomic E-state index is 13.5. The van der Waals surface area contributed by atoms with Crippen LogP contribution in [0.4, 0.5) is 10.1 Å². The van der Waals surface area contributed by atoms with Crippen molar-refractivity contribution >= 4 is 35.0 Å². The molecule has 1 aromatic carbocycles. The smallest absolute Gasteiger partial charge is 0.274 e. The first kappa shape index (κ1) is 25.3. The van der Waals surface area contributed by atoms with Gasteiger partial charge in [0, 0.05) is 44.2 Å². The van der Waals surface area contributed by atoms with Gasteiger partial charge in [-0.05, 0) is 63.8 Å². The molecule has 1 aliphatic carbocycles. The second-order valence-electron chi connectivity index (χ2n) is 11.6. The van der Waals surface area contributed by atoms with Gasteiger partial charge in [0.05, 0.1) is 22.5 Å². The molecule has 202 valence electrons. The van der Waals surface area contributed by atoms with Gasteiger partial charge in [0.25, 0.3) is 11.8 Å². The molecular formula is C27H32ClFN6O3. The van der Waals surface area contributed by atoms with Crippen molar-refractivity contribution in [2.45, 2.75) is 44.6 Å². The van der Waals surface area contributed by atoms with E-state index >= 15 is 0 Å². The zero-order valence-corrected chi connectivity index (χ0v) is 22.2. The first-order valence-corrected chi connectivity index (χ1v) is 13.7. The number of halogens is 2. The molecule has 2 aromatic rings. The number of H-pyrrole nitrogens is 1. The van der Waals surface area contributed by atoms with Gasteiger partial charge in [-0.3, -0.25) is 14.4 Å². The van der Waals surface area contributed by atoms with Crippen LogP contribution in [0.5, 0.6) is 0 Å². The zero-order valence-electron chi connectivity index (χ0n) is 21.4. The fourth-order valence-electron chi connectivity index (χ4n) is 7.03. The van der Waals surface area contributed by atoms with Crippen LogP contribution < -0.4 is 10.2 Å². The van der Waals surface area contributed by atoms with E-state index in [0.29, 0.717) is 57.4 Å². The third-order valence-corrected chi connectivity index (χ3v) is 9.30. The molecule has 0 bridgehead atoms. The Balaban J connectivity index is 1.06. The molecule has 3 aliphatic heterocycles. The molecule has 4 fully saturated rings. The number of nitrogens with zero attached hydrogens (tertiary/aromatic N) is 4. The topological polar surface area (TPSA) is 102 Å². The fraction of sp³-hybridized carbons (Fsp3) is 0.556. The molecule has 6 rings (SSSR count). The summed E-state index contributed by atoms with van der Waals surface area (Å²) in [6.07, 6.45) is 5.67. The summed E-state index contributed by atoms with van der Waals surface area (Å²) in [5.74, 6) is -0.976. The minimum Gasteiger partial charge on any atom is -0.348 e. The lowest BCUT2D eigenvalue weighted by Gasteiger charge is -2.46. The number of nitrogens with one attached hydrogen (secondary N) is 2. The molecule has 2 N–H and O–H groups in total. The number of anilines is 1. The van der Waals surface area contributed by atoms with Crippen molar-refractivity contribution in [1.82, 2.24) is 25.1 Å². The summed E-state index contributed by atoms with van der Waals surface area (Å²) in [4.78, 5) is 52.5. The van der Waals surface area contributed by atoms with Crippen LogP contribution in [-0.2, 0) is 4.79 Å². The molecule has 1 saturated carbocycles. The van der Waals surface area contributed by atoms with Gasteiger partial charge in [-0.2, -0.15) is 0 Å². The minimum absolute atomic E-state index is 0.0123. The molecule has 3 amide bonds. The lowest BCUT2D eigenvalue weighted by atomic mass is 9.71.